The molecular formula is C30H33FN2O2. The van der Waals surface area contributed by atoms with Crippen molar-refractivity contribution >= 4 is 11.8 Å². The molecule has 1 aliphatic carbocycles. The summed E-state index contributed by atoms with van der Waals surface area (Å²) in [6, 6.07) is 25.1. The highest BCUT2D eigenvalue weighted by atomic mass is 19.1. The number of halogens is 1. The molecule has 35 heavy (non-hydrogen) atoms. The summed E-state index contributed by atoms with van der Waals surface area (Å²) in [4.78, 5) is 29.1. The van der Waals surface area contributed by atoms with Gasteiger partial charge in [0.1, 0.15) is 11.9 Å². The highest BCUT2D eigenvalue weighted by molar-refractivity contribution is 5.89. The number of benzene rings is 3. The molecule has 1 fully saturated rings. The Hall–Kier alpha value is -3.47. The minimum Gasteiger partial charge on any atom is -0.352 e. The summed E-state index contributed by atoms with van der Waals surface area (Å²) in [5.74, 6) is -0.597. The Morgan fingerprint density at radius 2 is 1.40 bits per heavy atom. The minimum atomic E-state index is -0.646. The average molecular weight is 473 g/mol. The van der Waals surface area contributed by atoms with Gasteiger partial charge in [0.25, 0.3) is 0 Å². The van der Waals surface area contributed by atoms with Gasteiger partial charge >= 0.3 is 0 Å². The monoisotopic (exact) mass is 472 g/mol. The van der Waals surface area contributed by atoms with Gasteiger partial charge in [-0.15, -0.1) is 0 Å². The third-order valence-electron chi connectivity index (χ3n) is 6.69. The molecule has 0 heterocycles. The molecular weight excluding hydrogens is 439 g/mol. The molecule has 1 saturated carbocycles. The number of carbonyl (C=O) groups is 2. The first kappa shape index (κ1) is 24.6. The maximum absolute atomic E-state index is 13.7. The van der Waals surface area contributed by atoms with Crippen LogP contribution in [0.15, 0.2) is 84.9 Å². The molecule has 5 heteroatoms. The standard InChI is InChI=1S/C30H33FN2O2/c31-26-18-16-24(17-19-26)21-29(34)33(22-25-12-6-2-7-13-25)28(20-23-10-4-1-5-11-23)30(35)32-27-14-8-3-9-15-27/h1-2,4-7,10-13,16-19,27-28H,3,8-9,14-15,20-22H2,(H,32,35)/t28-/m1/s1. The van der Waals surface area contributed by atoms with Gasteiger partial charge in [-0.2, -0.15) is 0 Å². The van der Waals surface area contributed by atoms with Crippen molar-refractivity contribution in [3.63, 3.8) is 0 Å². The van der Waals surface area contributed by atoms with E-state index in [1.165, 1.54) is 18.6 Å². The van der Waals surface area contributed by atoms with Crippen molar-refractivity contribution in [2.45, 2.75) is 63.6 Å². The number of nitrogens with one attached hydrogen (secondary N) is 1. The van der Waals surface area contributed by atoms with Crippen LogP contribution in [-0.4, -0.2) is 28.8 Å². The van der Waals surface area contributed by atoms with Crippen molar-refractivity contribution < 1.29 is 14.0 Å². The molecule has 0 radical (unpaired) electrons. The smallest absolute Gasteiger partial charge is 0.243 e. The van der Waals surface area contributed by atoms with E-state index in [1.807, 2.05) is 60.7 Å². The molecule has 4 rings (SSSR count). The molecule has 0 aromatic heterocycles. The normalized spacial score (nSPS) is 14.8. The van der Waals surface area contributed by atoms with E-state index >= 15 is 0 Å². The summed E-state index contributed by atoms with van der Waals surface area (Å²) in [5, 5.41) is 3.25. The first-order valence-corrected chi connectivity index (χ1v) is 12.5. The first-order valence-electron chi connectivity index (χ1n) is 12.5. The van der Waals surface area contributed by atoms with Crippen LogP contribution in [0, 0.1) is 5.82 Å². The molecule has 4 nitrogen and oxygen atoms in total. The Bertz CT molecular complexity index is 1080. The molecule has 1 aliphatic rings. The van der Waals surface area contributed by atoms with Gasteiger partial charge in [-0.3, -0.25) is 9.59 Å². The fraction of sp³-hybridized carbons (Fsp3) is 0.333. The predicted molar refractivity (Wildman–Crippen MR) is 136 cm³/mol. The molecule has 0 saturated heterocycles. The van der Waals surface area contributed by atoms with Gasteiger partial charge in [0.05, 0.1) is 6.42 Å². The number of nitrogens with zero attached hydrogens (tertiary/aromatic N) is 1. The molecule has 0 spiro atoms. The Balaban J connectivity index is 1.63. The van der Waals surface area contributed by atoms with E-state index in [9.17, 15) is 14.0 Å². The van der Waals surface area contributed by atoms with Crippen molar-refractivity contribution in [1.82, 2.24) is 10.2 Å². The summed E-state index contributed by atoms with van der Waals surface area (Å²) in [6.45, 7) is 0.330. The van der Waals surface area contributed by atoms with E-state index in [2.05, 4.69) is 5.32 Å². The van der Waals surface area contributed by atoms with Gasteiger partial charge in [0, 0.05) is 19.0 Å². The summed E-state index contributed by atoms with van der Waals surface area (Å²) < 4.78 is 13.4. The lowest BCUT2D eigenvalue weighted by molar-refractivity contribution is -0.141. The molecule has 3 aromatic rings. The second-order valence-electron chi connectivity index (χ2n) is 9.36. The fourth-order valence-electron chi connectivity index (χ4n) is 4.76. The highest BCUT2D eigenvalue weighted by Crippen LogP contribution is 2.20. The lowest BCUT2D eigenvalue weighted by Crippen LogP contribution is -2.53. The largest absolute Gasteiger partial charge is 0.352 e. The second-order valence-corrected chi connectivity index (χ2v) is 9.36. The third-order valence-corrected chi connectivity index (χ3v) is 6.69. The van der Waals surface area contributed by atoms with Gasteiger partial charge in [-0.25, -0.2) is 4.39 Å². The molecule has 182 valence electrons. The van der Waals surface area contributed by atoms with Crippen molar-refractivity contribution in [3.8, 4) is 0 Å². The van der Waals surface area contributed by atoms with Crippen LogP contribution in [0.1, 0.15) is 48.8 Å². The summed E-state index contributed by atoms with van der Waals surface area (Å²) in [7, 11) is 0. The molecule has 3 aromatic carbocycles. The topological polar surface area (TPSA) is 49.4 Å². The van der Waals surface area contributed by atoms with Crippen LogP contribution in [0.4, 0.5) is 4.39 Å². The van der Waals surface area contributed by atoms with E-state index in [1.54, 1.807) is 17.0 Å². The maximum Gasteiger partial charge on any atom is 0.243 e. The van der Waals surface area contributed by atoms with Crippen LogP contribution < -0.4 is 5.32 Å². The highest BCUT2D eigenvalue weighted by Gasteiger charge is 2.31. The van der Waals surface area contributed by atoms with E-state index in [0.29, 0.717) is 13.0 Å². The lowest BCUT2D eigenvalue weighted by Gasteiger charge is -2.33. The second kappa shape index (κ2) is 12.3. The molecule has 0 aliphatic heterocycles. The van der Waals surface area contributed by atoms with Crippen molar-refractivity contribution in [3.05, 3.63) is 107 Å². The number of carbonyl (C=O) groups excluding carboxylic acids is 2. The van der Waals surface area contributed by atoms with Gasteiger partial charge in [-0.05, 0) is 41.7 Å². The zero-order chi connectivity index (χ0) is 24.5. The number of hydrogen-bond acceptors (Lipinski definition) is 2. The molecule has 0 bridgehead atoms. The van der Waals surface area contributed by atoms with Crippen LogP contribution in [0.5, 0.6) is 0 Å². The predicted octanol–water partition coefficient (Wildman–Crippen LogP) is 5.46. The number of amides is 2. The summed E-state index contributed by atoms with van der Waals surface area (Å²) >= 11 is 0. The summed E-state index contributed by atoms with van der Waals surface area (Å²) in [6.07, 6.45) is 5.93. The van der Waals surface area contributed by atoms with Crippen LogP contribution in [0.25, 0.3) is 0 Å². The molecule has 1 atom stereocenters. The molecule has 2 amide bonds. The fourth-order valence-corrected chi connectivity index (χ4v) is 4.76. The Labute approximate surface area is 207 Å². The molecule has 1 N–H and O–H groups in total. The Morgan fingerprint density at radius 3 is 2.03 bits per heavy atom. The Morgan fingerprint density at radius 1 is 0.800 bits per heavy atom. The Kier molecular flexibility index (Phi) is 8.66. The van der Waals surface area contributed by atoms with Gasteiger partial charge in [0.15, 0.2) is 0 Å². The summed E-state index contributed by atoms with van der Waals surface area (Å²) in [5.41, 5.74) is 2.69. The van der Waals surface area contributed by atoms with Crippen LogP contribution >= 0.6 is 0 Å². The maximum atomic E-state index is 13.7. The average Bonchev–Trinajstić information content (AvgIpc) is 2.89. The van der Waals surface area contributed by atoms with E-state index in [-0.39, 0.29) is 30.1 Å². The third kappa shape index (κ3) is 7.25. The quantitative estimate of drug-likeness (QED) is 0.450. The van der Waals surface area contributed by atoms with Crippen molar-refractivity contribution in [2.75, 3.05) is 0 Å². The van der Waals surface area contributed by atoms with Crippen LogP contribution in [0.2, 0.25) is 0 Å². The zero-order valence-electron chi connectivity index (χ0n) is 20.0. The SMILES string of the molecule is O=C(NC1CCCCC1)[C@@H](Cc1ccccc1)N(Cc1ccccc1)C(=O)Cc1ccc(F)cc1. The molecule has 0 unspecified atom stereocenters. The van der Waals surface area contributed by atoms with Crippen LogP contribution in [-0.2, 0) is 29.0 Å². The van der Waals surface area contributed by atoms with E-state index < -0.39 is 6.04 Å². The van der Waals surface area contributed by atoms with Gasteiger partial charge < -0.3 is 10.2 Å². The zero-order valence-corrected chi connectivity index (χ0v) is 20.0. The van der Waals surface area contributed by atoms with Gasteiger partial charge in [0.2, 0.25) is 11.8 Å². The van der Waals surface area contributed by atoms with Crippen molar-refractivity contribution in [1.29, 1.82) is 0 Å². The number of rotatable bonds is 9. The number of hydrogen-bond donors (Lipinski definition) is 1. The van der Waals surface area contributed by atoms with E-state index in [4.69, 9.17) is 0 Å². The minimum absolute atomic E-state index is 0.106. The van der Waals surface area contributed by atoms with Crippen LogP contribution in [0.3, 0.4) is 0 Å². The first-order chi connectivity index (χ1) is 17.1. The lowest BCUT2D eigenvalue weighted by atomic mass is 9.94. The van der Waals surface area contributed by atoms with Crippen molar-refractivity contribution in [2.24, 2.45) is 0 Å². The van der Waals surface area contributed by atoms with Gasteiger partial charge in [-0.1, -0.05) is 92.1 Å². The van der Waals surface area contributed by atoms with E-state index in [0.717, 1.165) is 42.4 Å².